The standard InChI is InChI=1S/C16H22O4/c1-4-16(12-19-15(2,3)11-20-16)14(17)18-10-13-8-6-5-7-9-13/h4,6,8-9H,1,5,7,10-12H2,2-3H3. The summed E-state index contributed by atoms with van der Waals surface area (Å²) < 4.78 is 16.7. The van der Waals surface area contributed by atoms with Crippen LogP contribution >= 0.6 is 0 Å². The first-order chi connectivity index (χ1) is 9.47. The highest BCUT2D eigenvalue weighted by Crippen LogP contribution is 2.27. The molecule has 4 nitrogen and oxygen atoms in total. The zero-order valence-electron chi connectivity index (χ0n) is 12.2. The average Bonchev–Trinajstić information content (AvgIpc) is 2.46. The van der Waals surface area contributed by atoms with E-state index in [0.29, 0.717) is 6.61 Å². The molecule has 1 heterocycles. The molecule has 0 aromatic rings. The van der Waals surface area contributed by atoms with Crippen molar-refractivity contribution in [2.24, 2.45) is 0 Å². The van der Waals surface area contributed by atoms with Crippen LogP contribution in [0.4, 0.5) is 0 Å². The van der Waals surface area contributed by atoms with Crippen molar-refractivity contribution in [3.8, 4) is 0 Å². The van der Waals surface area contributed by atoms with Crippen LogP contribution in [0.15, 0.2) is 36.5 Å². The molecule has 110 valence electrons. The van der Waals surface area contributed by atoms with E-state index < -0.39 is 11.6 Å². The van der Waals surface area contributed by atoms with E-state index >= 15 is 0 Å². The Bertz CT molecular complexity index is 435. The predicted octanol–water partition coefficient (Wildman–Crippen LogP) is 2.56. The van der Waals surface area contributed by atoms with E-state index in [0.717, 1.165) is 18.4 Å². The van der Waals surface area contributed by atoms with E-state index in [4.69, 9.17) is 14.2 Å². The number of esters is 1. The number of carbonyl (C=O) groups excluding carboxylic acids is 1. The molecular formula is C16H22O4. The molecule has 0 spiro atoms. The number of ether oxygens (including phenoxy) is 3. The van der Waals surface area contributed by atoms with Crippen molar-refractivity contribution >= 4 is 5.97 Å². The highest BCUT2D eigenvalue weighted by Gasteiger charge is 2.45. The molecule has 4 heteroatoms. The van der Waals surface area contributed by atoms with Crippen molar-refractivity contribution in [2.75, 3.05) is 19.8 Å². The molecule has 2 aliphatic rings. The lowest BCUT2D eigenvalue weighted by Gasteiger charge is -2.40. The molecule has 0 radical (unpaired) electrons. The molecule has 2 rings (SSSR count). The topological polar surface area (TPSA) is 44.8 Å². The second kappa shape index (κ2) is 5.94. The Labute approximate surface area is 120 Å². The van der Waals surface area contributed by atoms with Gasteiger partial charge in [0.05, 0.1) is 18.8 Å². The molecule has 0 saturated carbocycles. The third kappa shape index (κ3) is 3.38. The fourth-order valence-corrected chi connectivity index (χ4v) is 2.05. The number of hydrogen-bond acceptors (Lipinski definition) is 4. The molecule has 0 bridgehead atoms. The summed E-state index contributed by atoms with van der Waals surface area (Å²) >= 11 is 0. The number of allylic oxidation sites excluding steroid dienone is 2. The summed E-state index contributed by atoms with van der Waals surface area (Å²) in [6.45, 7) is 8.25. The summed E-state index contributed by atoms with van der Waals surface area (Å²) in [5.41, 5.74) is -0.559. The van der Waals surface area contributed by atoms with Gasteiger partial charge in [-0.15, -0.1) is 0 Å². The predicted molar refractivity (Wildman–Crippen MR) is 76.3 cm³/mol. The Balaban J connectivity index is 1.94. The Hall–Kier alpha value is -1.39. The number of carbonyl (C=O) groups is 1. The fraction of sp³-hybridized carbons (Fsp3) is 0.562. The Morgan fingerprint density at radius 3 is 2.75 bits per heavy atom. The molecule has 1 fully saturated rings. The zero-order valence-corrected chi connectivity index (χ0v) is 12.2. The average molecular weight is 278 g/mol. The maximum absolute atomic E-state index is 12.3. The second-order valence-corrected chi connectivity index (χ2v) is 5.77. The van der Waals surface area contributed by atoms with Gasteiger partial charge in [-0.2, -0.15) is 0 Å². The van der Waals surface area contributed by atoms with E-state index in [-0.39, 0.29) is 18.8 Å². The van der Waals surface area contributed by atoms with Crippen molar-refractivity contribution in [1.82, 2.24) is 0 Å². The molecule has 20 heavy (non-hydrogen) atoms. The fourth-order valence-electron chi connectivity index (χ4n) is 2.05. The van der Waals surface area contributed by atoms with Crippen molar-refractivity contribution in [1.29, 1.82) is 0 Å². The third-order valence-corrected chi connectivity index (χ3v) is 3.47. The molecule has 1 atom stereocenters. The van der Waals surface area contributed by atoms with Crippen LogP contribution < -0.4 is 0 Å². The van der Waals surface area contributed by atoms with Crippen LogP contribution in [0.3, 0.4) is 0 Å². The van der Waals surface area contributed by atoms with E-state index in [1.165, 1.54) is 6.08 Å². The summed E-state index contributed by atoms with van der Waals surface area (Å²) in [5.74, 6) is -0.442. The number of hydrogen-bond donors (Lipinski definition) is 0. The number of rotatable bonds is 4. The van der Waals surface area contributed by atoms with Gasteiger partial charge in [0.1, 0.15) is 6.61 Å². The Kier molecular flexibility index (Phi) is 4.45. The van der Waals surface area contributed by atoms with Crippen LogP contribution in [-0.2, 0) is 19.0 Å². The van der Waals surface area contributed by atoms with Gasteiger partial charge >= 0.3 is 5.97 Å². The summed E-state index contributed by atoms with van der Waals surface area (Å²) in [4.78, 5) is 12.3. The van der Waals surface area contributed by atoms with Gasteiger partial charge in [-0.25, -0.2) is 4.79 Å². The lowest BCUT2D eigenvalue weighted by molar-refractivity contribution is -0.219. The van der Waals surface area contributed by atoms with Gasteiger partial charge in [0.15, 0.2) is 0 Å². The van der Waals surface area contributed by atoms with Gasteiger partial charge in [0, 0.05) is 0 Å². The lowest BCUT2D eigenvalue weighted by atomic mass is 10.0. The normalized spacial score (nSPS) is 28.6. The quantitative estimate of drug-likeness (QED) is 0.585. The van der Waals surface area contributed by atoms with Gasteiger partial charge in [0.2, 0.25) is 5.60 Å². The minimum Gasteiger partial charge on any atom is -0.458 e. The van der Waals surface area contributed by atoms with Crippen LogP contribution in [-0.4, -0.2) is 37.0 Å². The van der Waals surface area contributed by atoms with Gasteiger partial charge in [0.25, 0.3) is 0 Å². The van der Waals surface area contributed by atoms with E-state index in [2.05, 4.69) is 18.7 Å². The second-order valence-electron chi connectivity index (χ2n) is 5.77. The monoisotopic (exact) mass is 278 g/mol. The van der Waals surface area contributed by atoms with Crippen LogP contribution in [0.5, 0.6) is 0 Å². The van der Waals surface area contributed by atoms with Crippen LogP contribution in [0.1, 0.15) is 26.7 Å². The molecule has 0 amide bonds. The Morgan fingerprint density at radius 1 is 1.40 bits per heavy atom. The van der Waals surface area contributed by atoms with E-state index in [1.54, 1.807) is 0 Å². The maximum atomic E-state index is 12.3. The SMILES string of the molecule is C=CC1(C(=O)OCC2=CCCC=C2)COC(C)(C)CO1. The molecule has 1 unspecified atom stereocenters. The lowest BCUT2D eigenvalue weighted by Crippen LogP contribution is -2.54. The van der Waals surface area contributed by atoms with Crippen molar-refractivity contribution in [3.05, 3.63) is 36.5 Å². The van der Waals surface area contributed by atoms with Crippen molar-refractivity contribution < 1.29 is 19.0 Å². The molecular weight excluding hydrogens is 256 g/mol. The molecule has 1 aliphatic heterocycles. The van der Waals surface area contributed by atoms with Crippen molar-refractivity contribution in [2.45, 2.75) is 37.9 Å². The first-order valence-electron chi connectivity index (χ1n) is 6.92. The molecule has 0 aromatic heterocycles. The van der Waals surface area contributed by atoms with E-state index in [9.17, 15) is 4.79 Å². The highest BCUT2D eigenvalue weighted by molar-refractivity contribution is 5.82. The van der Waals surface area contributed by atoms with E-state index in [1.807, 2.05) is 19.9 Å². The molecule has 1 saturated heterocycles. The van der Waals surface area contributed by atoms with Gasteiger partial charge in [-0.05, 0) is 38.3 Å². The van der Waals surface area contributed by atoms with Crippen LogP contribution in [0.25, 0.3) is 0 Å². The molecule has 0 N–H and O–H groups in total. The van der Waals surface area contributed by atoms with Gasteiger partial charge in [-0.1, -0.05) is 24.8 Å². The zero-order chi connectivity index (χ0) is 14.6. The van der Waals surface area contributed by atoms with Crippen molar-refractivity contribution in [3.63, 3.8) is 0 Å². The largest absolute Gasteiger partial charge is 0.458 e. The van der Waals surface area contributed by atoms with Crippen LogP contribution in [0.2, 0.25) is 0 Å². The van der Waals surface area contributed by atoms with Crippen LogP contribution in [0, 0.1) is 0 Å². The smallest absolute Gasteiger partial charge is 0.345 e. The summed E-state index contributed by atoms with van der Waals surface area (Å²) in [7, 11) is 0. The first-order valence-corrected chi connectivity index (χ1v) is 6.92. The Morgan fingerprint density at radius 2 is 2.20 bits per heavy atom. The molecule has 0 aromatic carbocycles. The summed E-state index contributed by atoms with van der Waals surface area (Å²) in [5, 5.41) is 0. The summed E-state index contributed by atoms with van der Waals surface area (Å²) in [6, 6.07) is 0. The van der Waals surface area contributed by atoms with Gasteiger partial charge < -0.3 is 14.2 Å². The summed E-state index contributed by atoms with van der Waals surface area (Å²) in [6.07, 6.45) is 9.64. The maximum Gasteiger partial charge on any atom is 0.345 e. The minimum atomic E-state index is -1.19. The third-order valence-electron chi connectivity index (χ3n) is 3.47. The van der Waals surface area contributed by atoms with Gasteiger partial charge in [-0.3, -0.25) is 0 Å². The minimum absolute atomic E-state index is 0.136. The molecule has 1 aliphatic carbocycles. The highest BCUT2D eigenvalue weighted by atomic mass is 16.6. The first kappa shape index (κ1) is 15.0.